The van der Waals surface area contributed by atoms with E-state index in [1.165, 1.54) is 18.4 Å². The van der Waals surface area contributed by atoms with Crippen molar-refractivity contribution in [3.8, 4) is 0 Å². The number of carbonyl (C=O) groups excluding carboxylic acids is 1. The highest BCUT2D eigenvalue weighted by atomic mass is 16.3. The fourth-order valence-corrected chi connectivity index (χ4v) is 1.82. The Morgan fingerprint density at radius 2 is 2.00 bits per heavy atom. The van der Waals surface area contributed by atoms with Crippen LogP contribution >= 0.6 is 0 Å². The van der Waals surface area contributed by atoms with Gasteiger partial charge in [-0.15, -0.1) is 0 Å². The first-order valence-electron chi connectivity index (χ1n) is 6.44. The molecule has 17 heavy (non-hydrogen) atoms. The van der Waals surface area contributed by atoms with Gasteiger partial charge >= 0.3 is 0 Å². The Labute approximate surface area is 104 Å². The second kappa shape index (κ2) is 5.21. The summed E-state index contributed by atoms with van der Waals surface area (Å²) in [6, 6.07) is 0. The molecule has 2 N–H and O–H groups in total. The summed E-state index contributed by atoms with van der Waals surface area (Å²) in [7, 11) is 0. The van der Waals surface area contributed by atoms with Crippen LogP contribution in [0.25, 0.3) is 0 Å². The maximum atomic E-state index is 11.9. The summed E-state index contributed by atoms with van der Waals surface area (Å²) in [5.41, 5.74) is -0.302. The van der Waals surface area contributed by atoms with Crippen LogP contribution in [0.5, 0.6) is 0 Å². The zero-order valence-corrected chi connectivity index (χ0v) is 11.5. The molecule has 0 atom stereocenters. The van der Waals surface area contributed by atoms with Crippen molar-refractivity contribution in [2.75, 3.05) is 0 Å². The predicted octanol–water partition coefficient (Wildman–Crippen LogP) is 2.54. The van der Waals surface area contributed by atoms with E-state index in [2.05, 4.69) is 11.4 Å². The van der Waals surface area contributed by atoms with E-state index < -0.39 is 11.1 Å². The highest BCUT2D eigenvalue weighted by Crippen LogP contribution is 2.23. The number of hydrogen-bond donors (Lipinski definition) is 2. The number of carbonyl (C=O) groups is 1. The molecule has 0 radical (unpaired) electrons. The lowest BCUT2D eigenvalue weighted by Gasteiger charge is -2.38. The summed E-state index contributed by atoms with van der Waals surface area (Å²) in [4.78, 5) is 11.9. The minimum Gasteiger partial charge on any atom is -0.388 e. The Hall–Kier alpha value is -0.830. The van der Waals surface area contributed by atoms with Gasteiger partial charge < -0.3 is 10.4 Å². The quantitative estimate of drug-likeness (QED) is 0.741. The number of hydrogen-bond acceptors (Lipinski definition) is 2. The van der Waals surface area contributed by atoms with Gasteiger partial charge in [0.05, 0.1) is 11.1 Å². The monoisotopic (exact) mass is 239 g/mol. The average molecular weight is 239 g/mol. The minimum absolute atomic E-state index is 0.00488. The number of aliphatic hydroxyl groups is 1. The molecule has 0 fully saturated rings. The first-order chi connectivity index (χ1) is 7.72. The highest BCUT2D eigenvalue weighted by molar-refractivity contribution is 5.79. The molecular weight excluding hydrogens is 214 g/mol. The zero-order valence-electron chi connectivity index (χ0n) is 11.5. The molecule has 0 saturated heterocycles. The molecule has 0 spiro atoms. The second-order valence-electron chi connectivity index (χ2n) is 6.02. The van der Waals surface area contributed by atoms with E-state index in [9.17, 15) is 9.90 Å². The standard InChI is InChI=1S/C14H25NO2/c1-13(2,14(3,4)17)15-12(16)10-11-8-6-5-7-9-11/h8,17H,5-7,9-10H2,1-4H3,(H,15,16). The van der Waals surface area contributed by atoms with Crippen molar-refractivity contribution in [2.24, 2.45) is 0 Å². The summed E-state index contributed by atoms with van der Waals surface area (Å²) in [5.74, 6) is 0.00488. The zero-order chi connectivity index (χ0) is 13.1. The molecule has 0 heterocycles. The fraction of sp³-hybridized carbons (Fsp3) is 0.786. The lowest BCUT2D eigenvalue weighted by molar-refractivity contribution is -0.125. The van der Waals surface area contributed by atoms with Crippen LogP contribution in [0.3, 0.4) is 0 Å². The summed E-state index contributed by atoms with van der Waals surface area (Å²) < 4.78 is 0. The highest BCUT2D eigenvalue weighted by Gasteiger charge is 2.36. The van der Waals surface area contributed by atoms with Crippen molar-refractivity contribution < 1.29 is 9.90 Å². The Bertz CT molecular complexity index is 311. The Kier molecular flexibility index (Phi) is 4.36. The molecule has 0 bridgehead atoms. The van der Waals surface area contributed by atoms with Gasteiger partial charge in [-0.2, -0.15) is 0 Å². The Morgan fingerprint density at radius 1 is 1.35 bits per heavy atom. The fourth-order valence-electron chi connectivity index (χ4n) is 1.82. The summed E-state index contributed by atoms with van der Waals surface area (Å²) >= 11 is 0. The SMILES string of the molecule is CC(C)(O)C(C)(C)NC(=O)CC1=CCCCC1. The molecule has 1 rings (SSSR count). The molecule has 1 aliphatic carbocycles. The normalized spacial score (nSPS) is 17.6. The molecule has 3 heteroatoms. The molecule has 0 unspecified atom stereocenters. The van der Waals surface area contributed by atoms with Crippen LogP contribution < -0.4 is 5.32 Å². The van der Waals surface area contributed by atoms with Crippen LogP contribution in [0, 0.1) is 0 Å². The average Bonchev–Trinajstić information content (AvgIpc) is 2.16. The lowest BCUT2D eigenvalue weighted by atomic mass is 9.85. The van der Waals surface area contributed by atoms with Gasteiger partial charge in [-0.25, -0.2) is 0 Å². The molecule has 3 nitrogen and oxygen atoms in total. The number of rotatable bonds is 4. The van der Waals surface area contributed by atoms with Gasteiger partial charge in [0.2, 0.25) is 5.91 Å². The lowest BCUT2D eigenvalue weighted by Crippen LogP contribution is -2.57. The molecule has 0 aromatic heterocycles. The van der Waals surface area contributed by atoms with Crippen molar-refractivity contribution in [3.63, 3.8) is 0 Å². The maximum absolute atomic E-state index is 11.9. The Balaban J connectivity index is 2.52. The first-order valence-corrected chi connectivity index (χ1v) is 6.44. The van der Waals surface area contributed by atoms with Crippen molar-refractivity contribution in [3.05, 3.63) is 11.6 Å². The number of nitrogens with one attached hydrogen (secondary N) is 1. The van der Waals surface area contributed by atoms with Crippen molar-refractivity contribution in [1.82, 2.24) is 5.32 Å². The smallest absolute Gasteiger partial charge is 0.224 e. The van der Waals surface area contributed by atoms with Gasteiger partial charge in [-0.1, -0.05) is 11.6 Å². The van der Waals surface area contributed by atoms with Crippen LogP contribution in [0.2, 0.25) is 0 Å². The van der Waals surface area contributed by atoms with Crippen LogP contribution in [0.15, 0.2) is 11.6 Å². The van der Waals surface area contributed by atoms with Crippen LogP contribution in [-0.4, -0.2) is 22.2 Å². The van der Waals surface area contributed by atoms with Gasteiger partial charge in [-0.05, 0) is 53.4 Å². The van der Waals surface area contributed by atoms with Gasteiger partial charge in [0.25, 0.3) is 0 Å². The molecule has 0 saturated carbocycles. The molecule has 1 aliphatic rings. The summed E-state index contributed by atoms with van der Waals surface area (Å²) in [6.07, 6.45) is 7.21. The van der Waals surface area contributed by atoms with Crippen molar-refractivity contribution in [1.29, 1.82) is 0 Å². The number of amides is 1. The predicted molar refractivity (Wildman–Crippen MR) is 69.7 cm³/mol. The van der Waals surface area contributed by atoms with Crippen LogP contribution in [0.1, 0.15) is 59.8 Å². The van der Waals surface area contributed by atoms with Gasteiger partial charge in [-0.3, -0.25) is 4.79 Å². The van der Waals surface area contributed by atoms with E-state index in [-0.39, 0.29) is 5.91 Å². The molecule has 0 aromatic rings. The van der Waals surface area contributed by atoms with Crippen molar-refractivity contribution >= 4 is 5.91 Å². The van der Waals surface area contributed by atoms with Crippen LogP contribution in [-0.2, 0) is 4.79 Å². The third-order valence-electron chi connectivity index (χ3n) is 3.75. The topological polar surface area (TPSA) is 49.3 Å². The van der Waals surface area contributed by atoms with E-state index in [1.807, 2.05) is 13.8 Å². The van der Waals surface area contributed by atoms with E-state index in [1.54, 1.807) is 13.8 Å². The summed E-state index contributed by atoms with van der Waals surface area (Å²) in [5, 5.41) is 12.9. The minimum atomic E-state index is -0.927. The van der Waals surface area contributed by atoms with Gasteiger partial charge in [0.15, 0.2) is 0 Å². The van der Waals surface area contributed by atoms with Crippen molar-refractivity contribution in [2.45, 2.75) is 70.9 Å². The third-order valence-corrected chi connectivity index (χ3v) is 3.75. The van der Waals surface area contributed by atoms with Crippen LogP contribution in [0.4, 0.5) is 0 Å². The van der Waals surface area contributed by atoms with E-state index >= 15 is 0 Å². The van der Waals surface area contributed by atoms with Gasteiger partial charge in [0, 0.05) is 6.42 Å². The second-order valence-corrected chi connectivity index (χ2v) is 6.02. The van der Waals surface area contributed by atoms with E-state index in [0.29, 0.717) is 6.42 Å². The molecule has 0 aliphatic heterocycles. The number of allylic oxidation sites excluding steroid dienone is 1. The van der Waals surface area contributed by atoms with E-state index in [4.69, 9.17) is 0 Å². The van der Waals surface area contributed by atoms with E-state index in [0.717, 1.165) is 12.8 Å². The maximum Gasteiger partial charge on any atom is 0.224 e. The largest absolute Gasteiger partial charge is 0.388 e. The first kappa shape index (κ1) is 14.2. The van der Waals surface area contributed by atoms with Gasteiger partial charge in [0.1, 0.15) is 0 Å². The molecule has 1 amide bonds. The third kappa shape index (κ3) is 4.15. The molecule has 98 valence electrons. The Morgan fingerprint density at radius 3 is 2.47 bits per heavy atom. The molecular formula is C14H25NO2. The summed E-state index contributed by atoms with van der Waals surface area (Å²) in [6.45, 7) is 7.13. The molecule has 0 aromatic carbocycles.